The van der Waals surface area contributed by atoms with Crippen LogP contribution in [-0.4, -0.2) is 0 Å². The molecule has 0 heterocycles. The molecule has 0 bridgehead atoms. The van der Waals surface area contributed by atoms with Crippen LogP contribution in [0, 0.1) is 0 Å². The molecule has 0 rings (SSSR count). The second-order valence-corrected chi connectivity index (χ2v) is 0. The third-order valence-corrected chi connectivity index (χ3v) is 0. The number of rotatable bonds is 0. The standard InChI is InChI=1S/3ClH.Co.5H3N/h3*1H;;5*1H3/q;;;+3;;;;;/p-3. The summed E-state index contributed by atoms with van der Waals surface area (Å²) in [6.07, 6.45) is 0. The molecule has 0 aromatic rings. The van der Waals surface area contributed by atoms with E-state index in [1.54, 1.807) is 0 Å². The molecule has 0 aliphatic carbocycles. The Bertz CT molecular complexity index is 12.2. The number of hydrogen-bond donors (Lipinski definition) is 5. The van der Waals surface area contributed by atoms with Gasteiger partial charge in [0.25, 0.3) is 0 Å². The summed E-state index contributed by atoms with van der Waals surface area (Å²) in [6.45, 7) is 0. The van der Waals surface area contributed by atoms with Crippen LogP contribution < -0.4 is 68.0 Å². The first-order valence-electron chi connectivity index (χ1n) is 0. The Morgan fingerprint density at radius 1 is 0.333 bits per heavy atom. The van der Waals surface area contributed by atoms with Gasteiger partial charge in [-0.2, -0.15) is 0 Å². The molecular formula is H15Cl3CoN5. The van der Waals surface area contributed by atoms with Gasteiger partial charge in [-0.1, -0.05) is 0 Å². The molecule has 5 nitrogen and oxygen atoms in total. The van der Waals surface area contributed by atoms with Crippen LogP contribution in [0.1, 0.15) is 0 Å². The Hall–Kier alpha value is 1.18. The summed E-state index contributed by atoms with van der Waals surface area (Å²) in [7, 11) is 0. The van der Waals surface area contributed by atoms with Gasteiger partial charge in [0.05, 0.1) is 0 Å². The third kappa shape index (κ3) is 341. The smallest absolute Gasteiger partial charge is 1.00 e. The van der Waals surface area contributed by atoms with Crippen molar-refractivity contribution in [3.8, 4) is 0 Å². The maximum atomic E-state index is 0. The van der Waals surface area contributed by atoms with E-state index in [1.807, 2.05) is 0 Å². The molecule has 0 aromatic heterocycles. The molecule has 9 heteroatoms. The Balaban J connectivity index is 0. The van der Waals surface area contributed by atoms with E-state index in [0.29, 0.717) is 0 Å². The first-order valence-corrected chi connectivity index (χ1v) is 0. The van der Waals surface area contributed by atoms with Crippen molar-refractivity contribution in [2.45, 2.75) is 0 Å². The molecule has 70 valence electrons. The van der Waals surface area contributed by atoms with E-state index in [-0.39, 0.29) is 84.8 Å². The molecule has 0 aliphatic heterocycles. The molecule has 0 fully saturated rings. The van der Waals surface area contributed by atoms with Crippen molar-refractivity contribution in [1.29, 1.82) is 0 Å². The predicted molar refractivity (Wildman–Crippen MR) is 25.1 cm³/mol. The van der Waals surface area contributed by atoms with E-state index in [1.165, 1.54) is 0 Å². The number of halogens is 3. The van der Waals surface area contributed by atoms with E-state index < -0.39 is 0 Å². The van der Waals surface area contributed by atoms with Gasteiger partial charge in [0.15, 0.2) is 0 Å². The van der Waals surface area contributed by atoms with Gasteiger partial charge in [0, 0.05) is 0 Å². The fourth-order valence-corrected chi connectivity index (χ4v) is 0. The number of hydrogen-bond acceptors (Lipinski definition) is 5. The van der Waals surface area contributed by atoms with E-state index in [2.05, 4.69) is 0 Å². The van der Waals surface area contributed by atoms with E-state index in [9.17, 15) is 0 Å². The fraction of sp³-hybridized carbons (Fsp3) is 0. The monoisotopic (exact) mass is 249 g/mol. The molecule has 0 spiro atoms. The van der Waals surface area contributed by atoms with Crippen LogP contribution in [0.2, 0.25) is 0 Å². The van der Waals surface area contributed by atoms with Crippen molar-refractivity contribution in [3.05, 3.63) is 0 Å². The summed E-state index contributed by atoms with van der Waals surface area (Å²) < 4.78 is 0. The molecule has 15 N–H and O–H groups in total. The van der Waals surface area contributed by atoms with Gasteiger partial charge in [0.2, 0.25) is 0 Å². The zero-order valence-electron chi connectivity index (χ0n) is 5.00. The van der Waals surface area contributed by atoms with Crippen molar-refractivity contribution in [1.82, 2.24) is 30.8 Å². The maximum Gasteiger partial charge on any atom is 3.00 e. The van der Waals surface area contributed by atoms with Gasteiger partial charge >= 0.3 is 16.8 Å². The van der Waals surface area contributed by atoms with Crippen molar-refractivity contribution < 1.29 is 54.0 Å². The van der Waals surface area contributed by atoms with E-state index in [0.717, 1.165) is 0 Å². The third-order valence-electron chi connectivity index (χ3n) is 0. The van der Waals surface area contributed by atoms with Crippen molar-refractivity contribution >= 4 is 0 Å². The molecule has 0 atom stereocenters. The largest absolute Gasteiger partial charge is 3.00 e. The van der Waals surface area contributed by atoms with Crippen LogP contribution in [0.4, 0.5) is 0 Å². The summed E-state index contributed by atoms with van der Waals surface area (Å²) in [5.41, 5.74) is 0. The van der Waals surface area contributed by atoms with Crippen LogP contribution in [0.25, 0.3) is 0 Å². The van der Waals surface area contributed by atoms with Crippen LogP contribution in [0.3, 0.4) is 0 Å². The van der Waals surface area contributed by atoms with Gasteiger partial charge in [-0.25, -0.2) is 0 Å². The quantitative estimate of drug-likeness (QED) is 0.286. The summed E-state index contributed by atoms with van der Waals surface area (Å²) in [5.74, 6) is 0. The zero-order chi connectivity index (χ0) is 0. The molecule has 0 aliphatic rings. The topological polar surface area (TPSA) is 175 Å². The second-order valence-electron chi connectivity index (χ2n) is 0. The van der Waals surface area contributed by atoms with Gasteiger partial charge < -0.3 is 68.0 Å². The van der Waals surface area contributed by atoms with Crippen LogP contribution >= 0.6 is 0 Å². The van der Waals surface area contributed by atoms with E-state index >= 15 is 0 Å². The van der Waals surface area contributed by atoms with Crippen LogP contribution in [0.15, 0.2) is 0 Å². The summed E-state index contributed by atoms with van der Waals surface area (Å²) >= 11 is 0. The Kier molecular flexibility index (Phi) is 30500. The van der Waals surface area contributed by atoms with Crippen LogP contribution in [0.5, 0.6) is 0 Å². The molecular weight excluding hydrogens is 235 g/mol. The normalized spacial score (nSPS) is 0. The molecule has 9 heavy (non-hydrogen) atoms. The van der Waals surface area contributed by atoms with Gasteiger partial charge in [-0.3, -0.25) is 0 Å². The molecule has 0 unspecified atom stereocenters. The summed E-state index contributed by atoms with van der Waals surface area (Å²) in [4.78, 5) is 0. The van der Waals surface area contributed by atoms with Gasteiger partial charge in [0.1, 0.15) is 0 Å². The fourth-order valence-electron chi connectivity index (χ4n) is 0. The minimum atomic E-state index is 0. The molecule has 0 saturated heterocycles. The van der Waals surface area contributed by atoms with E-state index in [4.69, 9.17) is 0 Å². The Morgan fingerprint density at radius 2 is 0.333 bits per heavy atom. The maximum absolute atomic E-state index is 0. The first kappa shape index (κ1) is 619. The minimum Gasteiger partial charge on any atom is -1.00 e. The summed E-state index contributed by atoms with van der Waals surface area (Å²) in [6, 6.07) is 0. The summed E-state index contributed by atoms with van der Waals surface area (Å²) in [5, 5.41) is 0. The average molecular weight is 250 g/mol. The zero-order valence-corrected chi connectivity index (χ0v) is 8.31. The van der Waals surface area contributed by atoms with Crippen molar-refractivity contribution in [2.75, 3.05) is 0 Å². The van der Waals surface area contributed by atoms with Crippen LogP contribution in [-0.2, 0) is 16.8 Å². The SMILES string of the molecule is N.N.N.N.N.[Cl-].[Cl-].[Cl-].[Co+3]. The molecule has 0 aromatic carbocycles. The minimum absolute atomic E-state index is 0. The molecule has 0 radical (unpaired) electrons. The average Bonchev–Trinajstić information content (AvgIpc) is 0. The molecule has 0 saturated carbocycles. The van der Waals surface area contributed by atoms with Gasteiger partial charge in [-0.15, -0.1) is 0 Å². The van der Waals surface area contributed by atoms with Crippen molar-refractivity contribution in [2.24, 2.45) is 0 Å². The first-order chi connectivity index (χ1) is 0. The Morgan fingerprint density at radius 3 is 0.333 bits per heavy atom. The second kappa shape index (κ2) is 443. The van der Waals surface area contributed by atoms with Crippen molar-refractivity contribution in [3.63, 3.8) is 0 Å². The van der Waals surface area contributed by atoms with Gasteiger partial charge in [-0.05, 0) is 0 Å². The Labute approximate surface area is 84.8 Å². The molecule has 0 amide bonds. The predicted octanol–water partition coefficient (Wildman–Crippen LogP) is -8.18.